The molecule has 7 heteroatoms. The number of rotatable bonds is 8. The number of fused-ring (bicyclic) bond motifs is 1. The van der Waals surface area contributed by atoms with E-state index in [0.717, 1.165) is 34.8 Å². The first-order valence-corrected chi connectivity index (χ1v) is 11.0. The Morgan fingerprint density at radius 1 is 1.14 bits per heavy atom. The molecule has 1 N–H and O–H groups in total. The zero-order valence-electron chi connectivity index (χ0n) is 16.8. The molecular formula is C22H28IN3O2S. The molecule has 29 heavy (non-hydrogen) atoms. The molecule has 0 fully saturated rings. The summed E-state index contributed by atoms with van der Waals surface area (Å²) in [5, 5.41) is 4.40. The summed E-state index contributed by atoms with van der Waals surface area (Å²) in [4.78, 5) is 6.67. The van der Waals surface area contributed by atoms with E-state index in [1.54, 1.807) is 0 Å². The first kappa shape index (κ1) is 23.4. The lowest BCUT2D eigenvalue weighted by Gasteiger charge is -2.20. The maximum atomic E-state index is 12.3. The van der Waals surface area contributed by atoms with E-state index in [2.05, 4.69) is 16.4 Å². The fourth-order valence-corrected chi connectivity index (χ4v) is 3.98. The smallest absolute Gasteiger partial charge is 0.194 e. The van der Waals surface area contributed by atoms with Gasteiger partial charge in [-0.3, -0.25) is 9.20 Å². The van der Waals surface area contributed by atoms with Crippen LogP contribution in [0.5, 0.6) is 0 Å². The van der Waals surface area contributed by atoms with Gasteiger partial charge in [-0.15, -0.1) is 24.0 Å². The summed E-state index contributed by atoms with van der Waals surface area (Å²) in [6.45, 7) is 3.95. The van der Waals surface area contributed by atoms with Crippen molar-refractivity contribution in [3.05, 3.63) is 72.0 Å². The zero-order chi connectivity index (χ0) is 19.8. The first-order chi connectivity index (χ1) is 13.7. The number of guanidine groups is 1. The highest BCUT2D eigenvalue weighted by Crippen LogP contribution is 2.19. The zero-order valence-corrected chi connectivity index (χ0v) is 20.0. The third-order valence-corrected chi connectivity index (χ3v) is 5.61. The van der Waals surface area contributed by atoms with Crippen LogP contribution in [0.1, 0.15) is 18.2 Å². The van der Waals surface area contributed by atoms with E-state index in [9.17, 15) is 4.21 Å². The van der Waals surface area contributed by atoms with Gasteiger partial charge in [0.2, 0.25) is 0 Å². The highest BCUT2D eigenvalue weighted by atomic mass is 127. The van der Waals surface area contributed by atoms with Gasteiger partial charge in [0.25, 0.3) is 0 Å². The molecule has 0 amide bonds. The second-order valence-corrected chi connectivity index (χ2v) is 8.19. The Balaban J connectivity index is 0.00000300. The van der Waals surface area contributed by atoms with Crippen molar-refractivity contribution in [3.8, 4) is 0 Å². The Bertz CT molecular complexity index is 910. The maximum absolute atomic E-state index is 12.3. The molecule has 0 aliphatic rings. The number of halogens is 1. The molecule has 1 aromatic heterocycles. The molecule has 3 rings (SSSR count). The molecule has 0 radical (unpaired) electrons. The van der Waals surface area contributed by atoms with Crippen molar-refractivity contribution in [2.75, 3.05) is 25.9 Å². The summed E-state index contributed by atoms with van der Waals surface area (Å²) in [6, 6.07) is 20.0. The normalized spacial score (nSPS) is 12.4. The highest BCUT2D eigenvalue weighted by Gasteiger charge is 2.10. The van der Waals surface area contributed by atoms with Gasteiger partial charge >= 0.3 is 0 Å². The fourth-order valence-electron chi connectivity index (χ4n) is 2.98. The van der Waals surface area contributed by atoms with E-state index >= 15 is 0 Å². The van der Waals surface area contributed by atoms with E-state index in [0.29, 0.717) is 24.6 Å². The van der Waals surface area contributed by atoms with Crippen LogP contribution in [-0.2, 0) is 23.1 Å². The topological polar surface area (TPSA) is 57.8 Å². The second kappa shape index (κ2) is 12.0. The minimum Gasteiger partial charge on any atom is -0.459 e. The van der Waals surface area contributed by atoms with Crippen LogP contribution >= 0.6 is 24.0 Å². The van der Waals surface area contributed by atoms with E-state index in [1.165, 1.54) is 0 Å². The quantitative estimate of drug-likeness (QED) is 0.269. The van der Waals surface area contributed by atoms with Crippen LogP contribution < -0.4 is 5.32 Å². The van der Waals surface area contributed by atoms with Crippen LogP contribution in [0, 0.1) is 0 Å². The van der Waals surface area contributed by atoms with Gasteiger partial charge in [-0.1, -0.05) is 48.5 Å². The number of aliphatic imine (C=N–C) groups is 1. The van der Waals surface area contributed by atoms with E-state index in [1.807, 2.05) is 73.5 Å². The lowest BCUT2D eigenvalue weighted by atomic mass is 10.2. The van der Waals surface area contributed by atoms with Crippen LogP contribution in [0.15, 0.2) is 70.1 Å². The predicted octanol–water partition coefficient (Wildman–Crippen LogP) is 4.40. The van der Waals surface area contributed by atoms with Gasteiger partial charge in [-0.05, 0) is 24.6 Å². The highest BCUT2D eigenvalue weighted by molar-refractivity contribution is 14.0. The molecule has 0 aliphatic carbocycles. The third-order valence-electron chi connectivity index (χ3n) is 4.32. The Kier molecular flexibility index (Phi) is 9.66. The number of benzene rings is 2. The molecule has 0 saturated heterocycles. The molecule has 2 aromatic carbocycles. The van der Waals surface area contributed by atoms with Gasteiger partial charge in [-0.25, -0.2) is 0 Å². The molecule has 1 unspecified atom stereocenters. The lowest BCUT2D eigenvalue weighted by molar-refractivity contribution is 0.413. The number of nitrogens with one attached hydrogen (secondary N) is 1. The molecule has 156 valence electrons. The Morgan fingerprint density at radius 3 is 2.59 bits per heavy atom. The van der Waals surface area contributed by atoms with Crippen molar-refractivity contribution in [3.63, 3.8) is 0 Å². The van der Waals surface area contributed by atoms with Gasteiger partial charge in [0.05, 0.1) is 13.1 Å². The summed E-state index contributed by atoms with van der Waals surface area (Å²) in [5.74, 6) is 2.80. The van der Waals surface area contributed by atoms with E-state index in [-0.39, 0.29) is 24.0 Å². The summed E-state index contributed by atoms with van der Waals surface area (Å²) < 4.78 is 18.2. The largest absolute Gasteiger partial charge is 0.459 e. The van der Waals surface area contributed by atoms with Crippen molar-refractivity contribution >= 4 is 51.7 Å². The summed E-state index contributed by atoms with van der Waals surface area (Å²) in [6.07, 6.45) is 0. The van der Waals surface area contributed by atoms with Gasteiger partial charge in [0.1, 0.15) is 11.3 Å². The van der Waals surface area contributed by atoms with Gasteiger partial charge in [0, 0.05) is 41.3 Å². The number of nitrogens with zero attached hydrogens (tertiary/aromatic N) is 2. The van der Waals surface area contributed by atoms with Crippen molar-refractivity contribution < 1.29 is 8.63 Å². The summed E-state index contributed by atoms with van der Waals surface area (Å²) in [7, 11) is 1.06. The van der Waals surface area contributed by atoms with Crippen molar-refractivity contribution in [2.45, 2.75) is 19.2 Å². The summed E-state index contributed by atoms with van der Waals surface area (Å²) in [5.41, 5.74) is 1.99. The van der Waals surface area contributed by atoms with Gasteiger partial charge in [0.15, 0.2) is 5.96 Å². The molecule has 3 aromatic rings. The number of furan rings is 1. The second-order valence-electron chi connectivity index (χ2n) is 6.62. The van der Waals surface area contributed by atoms with Crippen LogP contribution in [0.4, 0.5) is 0 Å². The molecule has 1 atom stereocenters. The minimum absolute atomic E-state index is 0. The minimum atomic E-state index is -0.925. The van der Waals surface area contributed by atoms with Crippen LogP contribution in [0.25, 0.3) is 11.0 Å². The molecule has 1 heterocycles. The lowest BCUT2D eigenvalue weighted by Crippen LogP contribution is -2.38. The Morgan fingerprint density at radius 2 is 1.86 bits per heavy atom. The van der Waals surface area contributed by atoms with Gasteiger partial charge in [-0.2, -0.15) is 0 Å². The Hall–Kier alpha value is -1.87. The van der Waals surface area contributed by atoms with Crippen molar-refractivity contribution in [2.24, 2.45) is 4.99 Å². The molecule has 5 nitrogen and oxygen atoms in total. The predicted molar refractivity (Wildman–Crippen MR) is 132 cm³/mol. The monoisotopic (exact) mass is 525 g/mol. The van der Waals surface area contributed by atoms with Crippen LogP contribution in [0.3, 0.4) is 0 Å². The average Bonchev–Trinajstić information content (AvgIpc) is 3.10. The number of hydrogen-bond donors (Lipinski definition) is 1. The van der Waals surface area contributed by atoms with Crippen LogP contribution in [0.2, 0.25) is 0 Å². The van der Waals surface area contributed by atoms with E-state index < -0.39 is 10.8 Å². The number of para-hydroxylation sites is 1. The standard InChI is InChI=1S/C22H27N3O2S.HI/c1-3-23-22(24-13-14-28(26)17-18-9-5-4-6-10-18)25(2)16-20-15-19-11-7-8-12-21(19)27-20;/h4-12,15H,3,13-14,16-17H2,1-2H3,(H,23,24);1H. The van der Waals surface area contributed by atoms with Crippen molar-refractivity contribution in [1.29, 1.82) is 0 Å². The number of hydrogen-bond acceptors (Lipinski definition) is 3. The Labute approximate surface area is 192 Å². The molecule has 0 aliphatic heterocycles. The van der Waals surface area contributed by atoms with Crippen molar-refractivity contribution in [1.82, 2.24) is 10.2 Å². The third kappa shape index (κ3) is 7.15. The molecule has 0 bridgehead atoms. The van der Waals surface area contributed by atoms with Gasteiger partial charge < -0.3 is 14.6 Å². The maximum Gasteiger partial charge on any atom is 0.194 e. The van der Waals surface area contributed by atoms with Crippen LogP contribution in [-0.4, -0.2) is 41.0 Å². The van der Waals surface area contributed by atoms with E-state index in [4.69, 9.17) is 4.42 Å². The SMILES string of the molecule is CCNC(=NCCS(=O)Cc1ccccc1)N(C)Cc1cc2ccccc2o1.I. The summed E-state index contributed by atoms with van der Waals surface area (Å²) >= 11 is 0. The molecule has 0 spiro atoms. The first-order valence-electron chi connectivity index (χ1n) is 9.51. The molecular weight excluding hydrogens is 497 g/mol. The average molecular weight is 525 g/mol. The molecule has 0 saturated carbocycles. The fraction of sp³-hybridized carbons (Fsp3) is 0.318.